The molecule has 14 heavy (non-hydrogen) atoms. The lowest BCUT2D eigenvalue weighted by atomic mass is 10.2. The first kappa shape index (κ1) is 11.9. The molecule has 1 N–H and O–H groups in total. The van der Waals surface area contributed by atoms with Gasteiger partial charge in [0.1, 0.15) is 5.70 Å². The van der Waals surface area contributed by atoms with Crippen LogP contribution >= 0.6 is 7.75 Å². The van der Waals surface area contributed by atoms with Crippen LogP contribution in [0.15, 0.2) is 11.3 Å². The summed E-state index contributed by atoms with van der Waals surface area (Å²) in [5.74, 6) is 0. The van der Waals surface area contributed by atoms with Crippen LogP contribution in [0.2, 0.25) is 0 Å². The molecule has 0 saturated carbocycles. The Morgan fingerprint density at radius 2 is 1.71 bits per heavy atom. The molecule has 0 radical (unpaired) electrons. The Labute approximate surface area is 85.0 Å². The summed E-state index contributed by atoms with van der Waals surface area (Å²) in [6, 6.07) is 0. The molecular weight excluding hydrogens is 201 g/mol. The predicted octanol–water partition coefficient (Wildman–Crippen LogP) is 1.37. The monoisotopic (exact) mass is 219 g/mol. The number of likely N-dealkylation sites (tertiary alicyclic amines) is 1. The quantitative estimate of drug-likeness (QED) is 0.713. The van der Waals surface area contributed by atoms with Gasteiger partial charge in [0.05, 0.1) is 13.1 Å². The van der Waals surface area contributed by atoms with Crippen LogP contribution in [0.3, 0.4) is 0 Å². The summed E-state index contributed by atoms with van der Waals surface area (Å²) < 4.78 is 11.2. The van der Waals surface area contributed by atoms with Crippen molar-refractivity contribution in [2.45, 2.75) is 33.6 Å². The minimum absolute atomic E-state index is 0.227. The van der Waals surface area contributed by atoms with Crippen LogP contribution < -0.4 is 4.89 Å². The Kier molecular flexibility index (Phi) is 3.22. The molecule has 1 unspecified atom stereocenters. The third-order valence-electron chi connectivity index (χ3n) is 3.14. The van der Waals surface area contributed by atoms with Crippen LogP contribution in [0.1, 0.15) is 33.6 Å². The first-order valence-corrected chi connectivity index (χ1v) is 6.40. The van der Waals surface area contributed by atoms with Gasteiger partial charge in [0, 0.05) is 19.8 Å². The zero-order valence-electron chi connectivity index (χ0n) is 8.99. The lowest BCUT2D eigenvalue weighted by Crippen LogP contribution is -2.43. The second-order valence-corrected chi connectivity index (χ2v) is 5.90. The van der Waals surface area contributed by atoms with Crippen LogP contribution in [0, 0.1) is 0 Å². The summed E-state index contributed by atoms with van der Waals surface area (Å²) in [5.41, 5.74) is 1.74. The van der Waals surface area contributed by atoms with Crippen molar-refractivity contribution in [2.24, 2.45) is 0 Å². The van der Waals surface area contributed by atoms with Crippen molar-refractivity contribution in [3.05, 3.63) is 11.3 Å². The Morgan fingerprint density at radius 1 is 1.29 bits per heavy atom. The predicted molar refractivity (Wildman–Crippen MR) is 53.1 cm³/mol. The van der Waals surface area contributed by atoms with Gasteiger partial charge in [-0.1, -0.05) is 0 Å². The average Bonchev–Trinajstić information content (AvgIpc) is 2.50. The number of quaternary nitrogens is 1. The highest BCUT2D eigenvalue weighted by atomic mass is 31.2. The van der Waals surface area contributed by atoms with E-state index in [1.54, 1.807) is 6.92 Å². The molecule has 1 heterocycles. The van der Waals surface area contributed by atoms with Crippen LogP contribution in [0.4, 0.5) is 0 Å². The summed E-state index contributed by atoms with van der Waals surface area (Å²) >= 11 is 0. The normalized spacial score (nSPS) is 24.4. The van der Waals surface area contributed by atoms with Crippen molar-refractivity contribution >= 4 is 7.75 Å². The fourth-order valence-electron chi connectivity index (χ4n) is 2.05. The average molecular weight is 219 g/mol. The molecule has 0 aromatic heterocycles. The Hall–Kier alpha value is -0.150. The largest absolute Gasteiger partial charge is 0.730 e. The Morgan fingerprint density at radius 3 is 2.00 bits per heavy atom. The molecule has 0 aromatic carbocycles. The second-order valence-electron chi connectivity index (χ2n) is 4.15. The van der Waals surface area contributed by atoms with Gasteiger partial charge in [0.2, 0.25) is 0 Å². The van der Waals surface area contributed by atoms with E-state index in [0.717, 1.165) is 24.1 Å². The summed E-state index contributed by atoms with van der Waals surface area (Å²) in [5, 5.41) is 0. The van der Waals surface area contributed by atoms with E-state index in [1.165, 1.54) is 0 Å². The third-order valence-corrected chi connectivity index (χ3v) is 4.81. The van der Waals surface area contributed by atoms with Crippen LogP contribution in [0.25, 0.3) is 0 Å². The second kappa shape index (κ2) is 3.78. The Balaban J connectivity index is 3.20. The van der Waals surface area contributed by atoms with Gasteiger partial charge >= 0.3 is 7.75 Å². The van der Waals surface area contributed by atoms with Crippen molar-refractivity contribution in [1.29, 1.82) is 0 Å². The van der Waals surface area contributed by atoms with E-state index >= 15 is 0 Å². The van der Waals surface area contributed by atoms with E-state index in [1.807, 2.05) is 13.8 Å². The van der Waals surface area contributed by atoms with Gasteiger partial charge in [-0.3, -0.25) is 0 Å². The number of hydrogen-bond donors (Lipinski definition) is 1. The van der Waals surface area contributed by atoms with E-state index < -0.39 is 7.75 Å². The highest BCUT2D eigenvalue weighted by Gasteiger charge is 2.43. The standard InChI is InChI=1S/C9H18NO3P/c1-8(2)9(3)10(14(11,12)13)6-4-5-7-10/h4-7H2,1-3H3,(H-,11,12,13). The Bertz CT molecular complexity index is 295. The summed E-state index contributed by atoms with van der Waals surface area (Å²) in [4.78, 5) is 20.7. The zero-order valence-corrected chi connectivity index (χ0v) is 9.88. The molecular formula is C9H18NO3P. The molecule has 0 bridgehead atoms. The summed E-state index contributed by atoms with van der Waals surface area (Å²) in [6.45, 7) is 6.57. The molecule has 0 aromatic rings. The van der Waals surface area contributed by atoms with Crippen molar-refractivity contribution < 1.29 is 18.6 Å². The number of rotatable bonds is 2. The van der Waals surface area contributed by atoms with E-state index in [2.05, 4.69) is 0 Å². The summed E-state index contributed by atoms with van der Waals surface area (Å²) in [7, 11) is -4.32. The molecule has 82 valence electrons. The van der Waals surface area contributed by atoms with Gasteiger partial charge in [0.25, 0.3) is 0 Å². The van der Waals surface area contributed by atoms with Crippen LogP contribution in [0.5, 0.6) is 0 Å². The molecule has 5 heteroatoms. The van der Waals surface area contributed by atoms with Crippen molar-refractivity contribution in [1.82, 2.24) is 0 Å². The minimum atomic E-state index is -4.32. The number of hydrogen-bond acceptors (Lipinski definition) is 2. The van der Waals surface area contributed by atoms with Gasteiger partial charge in [-0.2, -0.15) is 0 Å². The smallest absolute Gasteiger partial charge is 0.330 e. The topological polar surface area (TPSA) is 60.4 Å². The maximum Gasteiger partial charge on any atom is 0.330 e. The molecule has 1 fully saturated rings. The van der Waals surface area contributed by atoms with Gasteiger partial charge < -0.3 is 9.79 Å². The van der Waals surface area contributed by atoms with Gasteiger partial charge in [-0.25, -0.2) is 8.82 Å². The summed E-state index contributed by atoms with van der Waals surface area (Å²) in [6.07, 6.45) is 1.72. The fraction of sp³-hybridized carbons (Fsp3) is 0.778. The molecule has 0 spiro atoms. The molecule has 0 aliphatic carbocycles. The van der Waals surface area contributed by atoms with Crippen molar-refractivity contribution in [3.63, 3.8) is 0 Å². The van der Waals surface area contributed by atoms with Gasteiger partial charge in [-0.05, 0) is 19.4 Å². The highest BCUT2D eigenvalue weighted by molar-refractivity contribution is 7.44. The van der Waals surface area contributed by atoms with E-state index in [-0.39, 0.29) is 4.25 Å². The van der Waals surface area contributed by atoms with E-state index in [0.29, 0.717) is 13.1 Å². The molecule has 1 aliphatic rings. The maximum atomic E-state index is 11.4. The van der Waals surface area contributed by atoms with Crippen molar-refractivity contribution in [3.8, 4) is 0 Å². The van der Waals surface area contributed by atoms with Crippen LogP contribution in [-0.2, 0) is 4.57 Å². The van der Waals surface area contributed by atoms with Gasteiger partial charge in [-0.15, -0.1) is 0 Å². The molecule has 1 atom stereocenters. The lowest BCUT2D eigenvalue weighted by molar-refractivity contribution is -0.785. The number of allylic oxidation sites excluding steroid dienone is 2. The SMILES string of the molecule is CC(C)=C(C)[N+]1(P(=O)([O-])O)CCCC1. The van der Waals surface area contributed by atoms with E-state index in [4.69, 9.17) is 0 Å². The highest BCUT2D eigenvalue weighted by Crippen LogP contribution is 2.51. The van der Waals surface area contributed by atoms with Crippen LogP contribution in [-0.4, -0.2) is 22.2 Å². The first-order valence-electron chi connectivity index (χ1n) is 4.87. The number of nitrogens with zero attached hydrogens (tertiary/aromatic N) is 1. The van der Waals surface area contributed by atoms with Crippen molar-refractivity contribution in [2.75, 3.05) is 13.1 Å². The minimum Gasteiger partial charge on any atom is -0.730 e. The third kappa shape index (κ3) is 1.80. The maximum absolute atomic E-state index is 11.4. The van der Waals surface area contributed by atoms with E-state index in [9.17, 15) is 14.4 Å². The molecule has 1 saturated heterocycles. The van der Waals surface area contributed by atoms with Gasteiger partial charge in [0.15, 0.2) is 0 Å². The molecule has 1 rings (SSSR count). The molecule has 4 nitrogen and oxygen atoms in total. The lowest BCUT2D eigenvalue weighted by Gasteiger charge is -2.41. The first-order chi connectivity index (χ1) is 6.31. The zero-order chi connectivity index (χ0) is 11.0. The molecule has 1 aliphatic heterocycles. The fourth-order valence-corrected chi connectivity index (χ4v) is 3.42. The molecule has 0 amide bonds.